The maximum absolute atomic E-state index is 12.2. The Labute approximate surface area is 139 Å². The Morgan fingerprint density at radius 1 is 1.17 bits per heavy atom. The van der Waals surface area contributed by atoms with E-state index in [0.29, 0.717) is 16.6 Å². The Morgan fingerprint density at radius 2 is 2.04 bits per heavy atom. The average Bonchev–Trinajstić information content (AvgIpc) is 3.36. The van der Waals surface area contributed by atoms with E-state index >= 15 is 0 Å². The molecule has 3 heterocycles. The van der Waals surface area contributed by atoms with E-state index in [0.717, 1.165) is 5.69 Å². The zero-order chi connectivity index (χ0) is 16.4. The van der Waals surface area contributed by atoms with Gasteiger partial charge in [-0.05, 0) is 29.5 Å². The zero-order valence-corrected chi connectivity index (χ0v) is 13.0. The van der Waals surface area contributed by atoms with Crippen molar-refractivity contribution < 1.29 is 9.21 Å². The third-order valence-electron chi connectivity index (χ3n) is 3.10. The molecule has 0 aliphatic heterocycles. The van der Waals surface area contributed by atoms with E-state index < -0.39 is 5.91 Å². The second-order valence-electron chi connectivity index (χ2n) is 4.71. The minimum atomic E-state index is -0.475. The first kappa shape index (κ1) is 14.3. The molecule has 4 aromatic rings. The largest absolute Gasteiger partial charge is 0.463 e. The van der Waals surface area contributed by atoms with Crippen LogP contribution in [0.4, 0.5) is 5.13 Å². The van der Waals surface area contributed by atoms with Crippen molar-refractivity contribution in [2.45, 2.75) is 0 Å². The van der Waals surface area contributed by atoms with Crippen molar-refractivity contribution >= 4 is 22.4 Å². The molecule has 4 rings (SSSR count). The maximum atomic E-state index is 12.2. The van der Waals surface area contributed by atoms with Crippen molar-refractivity contribution in [3.05, 3.63) is 59.9 Å². The van der Waals surface area contributed by atoms with E-state index in [1.807, 2.05) is 30.3 Å². The Kier molecular flexibility index (Phi) is 3.60. The summed E-state index contributed by atoms with van der Waals surface area (Å²) in [5.74, 6) is 0.131. The number of hydrogen-bond donors (Lipinski definition) is 1. The van der Waals surface area contributed by atoms with Crippen LogP contribution in [0.2, 0.25) is 0 Å². The van der Waals surface area contributed by atoms with E-state index in [9.17, 15) is 4.79 Å². The minimum Gasteiger partial charge on any atom is -0.463 e. The Hall–Kier alpha value is -3.33. The topological polar surface area (TPSA) is 98.7 Å². The Morgan fingerprint density at radius 3 is 2.83 bits per heavy atom. The Balaban J connectivity index is 1.50. The van der Waals surface area contributed by atoms with E-state index in [2.05, 4.69) is 25.7 Å². The summed E-state index contributed by atoms with van der Waals surface area (Å²) in [6, 6.07) is 12.8. The number of anilines is 1. The predicted octanol–water partition coefficient (Wildman–Crippen LogP) is 2.63. The highest BCUT2D eigenvalue weighted by Crippen LogP contribution is 2.25. The molecule has 118 valence electrons. The van der Waals surface area contributed by atoms with Gasteiger partial charge in [0.2, 0.25) is 0 Å². The van der Waals surface area contributed by atoms with Gasteiger partial charge in [0.15, 0.2) is 10.9 Å². The molecule has 1 N–H and O–H groups in total. The number of rotatable bonds is 4. The fourth-order valence-electron chi connectivity index (χ4n) is 2.00. The van der Waals surface area contributed by atoms with Gasteiger partial charge in [0, 0.05) is 5.38 Å². The van der Waals surface area contributed by atoms with Gasteiger partial charge < -0.3 is 4.42 Å². The van der Waals surface area contributed by atoms with Gasteiger partial charge in [-0.1, -0.05) is 18.2 Å². The first-order valence-corrected chi connectivity index (χ1v) is 7.84. The average molecular weight is 338 g/mol. The van der Waals surface area contributed by atoms with Gasteiger partial charge in [0.1, 0.15) is 5.69 Å². The quantitative estimate of drug-likeness (QED) is 0.614. The number of para-hydroxylation sites is 1. The summed E-state index contributed by atoms with van der Waals surface area (Å²) in [6.45, 7) is 0. The number of nitrogens with zero attached hydrogens (tertiary/aromatic N) is 5. The number of amides is 1. The SMILES string of the molecule is O=C(Nc1nc(-c2ccco2)cs1)c1nnn(-c2ccccc2)n1. The number of carbonyl (C=O) groups is 1. The molecule has 0 aliphatic rings. The summed E-state index contributed by atoms with van der Waals surface area (Å²) >= 11 is 1.29. The molecule has 8 nitrogen and oxygen atoms in total. The zero-order valence-electron chi connectivity index (χ0n) is 12.2. The minimum absolute atomic E-state index is 0.0337. The first-order valence-electron chi connectivity index (χ1n) is 6.96. The van der Waals surface area contributed by atoms with Crippen LogP contribution in [-0.2, 0) is 0 Å². The molecule has 0 spiro atoms. The second kappa shape index (κ2) is 6.05. The molecule has 0 radical (unpaired) electrons. The van der Waals surface area contributed by atoms with Crippen LogP contribution in [0.5, 0.6) is 0 Å². The fraction of sp³-hybridized carbons (Fsp3) is 0. The highest BCUT2D eigenvalue weighted by molar-refractivity contribution is 7.14. The molecule has 0 atom stereocenters. The van der Waals surface area contributed by atoms with Crippen molar-refractivity contribution in [2.24, 2.45) is 0 Å². The van der Waals surface area contributed by atoms with Crippen LogP contribution in [0.25, 0.3) is 17.1 Å². The highest BCUT2D eigenvalue weighted by Gasteiger charge is 2.16. The van der Waals surface area contributed by atoms with Crippen LogP contribution >= 0.6 is 11.3 Å². The van der Waals surface area contributed by atoms with Gasteiger partial charge in [-0.25, -0.2) is 4.98 Å². The number of nitrogens with one attached hydrogen (secondary N) is 1. The van der Waals surface area contributed by atoms with Crippen LogP contribution in [-0.4, -0.2) is 31.1 Å². The standard InChI is InChI=1S/C15H10N6O2S/c22-14(13-18-20-21(19-13)10-5-2-1-3-6-10)17-15-16-11(9-24-15)12-7-4-8-23-12/h1-9H,(H,16,17,22). The lowest BCUT2D eigenvalue weighted by Crippen LogP contribution is -2.14. The lowest BCUT2D eigenvalue weighted by Gasteiger charge is -1.97. The molecule has 24 heavy (non-hydrogen) atoms. The van der Waals surface area contributed by atoms with E-state index in [-0.39, 0.29) is 5.82 Å². The van der Waals surface area contributed by atoms with Crippen LogP contribution < -0.4 is 5.32 Å². The summed E-state index contributed by atoms with van der Waals surface area (Å²) < 4.78 is 5.27. The van der Waals surface area contributed by atoms with Gasteiger partial charge in [0.05, 0.1) is 12.0 Å². The fourth-order valence-corrected chi connectivity index (χ4v) is 2.69. The maximum Gasteiger partial charge on any atom is 0.299 e. The van der Waals surface area contributed by atoms with E-state index in [1.54, 1.807) is 23.8 Å². The first-order chi connectivity index (χ1) is 11.8. The lowest BCUT2D eigenvalue weighted by atomic mass is 10.3. The van der Waals surface area contributed by atoms with Crippen LogP contribution in [0.3, 0.4) is 0 Å². The molecule has 9 heteroatoms. The van der Waals surface area contributed by atoms with Gasteiger partial charge in [-0.2, -0.15) is 0 Å². The van der Waals surface area contributed by atoms with Crippen molar-refractivity contribution in [3.8, 4) is 17.1 Å². The third kappa shape index (κ3) is 2.79. The second-order valence-corrected chi connectivity index (χ2v) is 5.57. The van der Waals surface area contributed by atoms with Gasteiger partial charge in [0.25, 0.3) is 11.7 Å². The normalized spacial score (nSPS) is 10.7. The smallest absolute Gasteiger partial charge is 0.299 e. The lowest BCUT2D eigenvalue weighted by molar-refractivity contribution is 0.101. The number of carbonyl (C=O) groups excluding carboxylic acids is 1. The van der Waals surface area contributed by atoms with Gasteiger partial charge >= 0.3 is 0 Å². The molecule has 1 aromatic carbocycles. The number of furan rings is 1. The van der Waals surface area contributed by atoms with Crippen LogP contribution in [0, 0.1) is 0 Å². The number of aromatic nitrogens is 5. The van der Waals surface area contributed by atoms with Gasteiger partial charge in [-0.15, -0.1) is 26.3 Å². The van der Waals surface area contributed by atoms with Crippen LogP contribution in [0.1, 0.15) is 10.6 Å². The highest BCUT2D eigenvalue weighted by atomic mass is 32.1. The van der Waals surface area contributed by atoms with Crippen molar-refractivity contribution in [2.75, 3.05) is 5.32 Å². The molecule has 3 aromatic heterocycles. The summed E-state index contributed by atoms with van der Waals surface area (Å²) in [7, 11) is 0. The van der Waals surface area contributed by atoms with Crippen molar-refractivity contribution in [1.82, 2.24) is 25.2 Å². The number of tetrazole rings is 1. The predicted molar refractivity (Wildman–Crippen MR) is 86.9 cm³/mol. The molecule has 0 saturated heterocycles. The molecule has 1 amide bonds. The number of benzene rings is 1. The number of thiazole rings is 1. The molecule has 0 aliphatic carbocycles. The molecule has 0 saturated carbocycles. The molecular weight excluding hydrogens is 328 g/mol. The molecule has 0 bridgehead atoms. The van der Waals surface area contributed by atoms with E-state index in [1.165, 1.54) is 16.1 Å². The summed E-state index contributed by atoms with van der Waals surface area (Å²) in [4.78, 5) is 17.8. The van der Waals surface area contributed by atoms with Crippen LogP contribution in [0.15, 0.2) is 58.5 Å². The van der Waals surface area contributed by atoms with Crippen molar-refractivity contribution in [1.29, 1.82) is 0 Å². The van der Waals surface area contributed by atoms with Gasteiger partial charge in [-0.3, -0.25) is 10.1 Å². The Bertz CT molecular complexity index is 961. The van der Waals surface area contributed by atoms with E-state index in [4.69, 9.17) is 4.42 Å². The summed E-state index contributed by atoms with van der Waals surface area (Å²) in [5, 5.41) is 16.6. The number of hydrogen-bond acceptors (Lipinski definition) is 7. The van der Waals surface area contributed by atoms with Crippen molar-refractivity contribution in [3.63, 3.8) is 0 Å². The molecule has 0 unspecified atom stereocenters. The summed E-state index contributed by atoms with van der Waals surface area (Å²) in [5.41, 5.74) is 1.37. The third-order valence-corrected chi connectivity index (χ3v) is 3.86. The molecule has 0 fully saturated rings. The summed E-state index contributed by atoms with van der Waals surface area (Å²) in [6.07, 6.45) is 1.57. The monoisotopic (exact) mass is 338 g/mol. The molecular formula is C15H10N6O2S.